The van der Waals surface area contributed by atoms with Gasteiger partial charge in [0.1, 0.15) is 0 Å². The fourth-order valence-electron chi connectivity index (χ4n) is 1.63. The van der Waals surface area contributed by atoms with Gasteiger partial charge in [-0.15, -0.1) is 0 Å². The summed E-state index contributed by atoms with van der Waals surface area (Å²) in [5, 5.41) is 50.5. The Morgan fingerprint density at radius 3 is 1.62 bits per heavy atom. The molecule has 0 aromatic carbocycles. The Morgan fingerprint density at radius 2 is 1.33 bits per heavy atom. The fourth-order valence-corrected chi connectivity index (χ4v) is 1.63. The molecular formula is C14H24O10. The molecule has 0 spiro atoms. The Bertz CT molecular complexity index is 420. The average Bonchev–Trinajstić information content (AvgIpc) is 2.46. The lowest BCUT2D eigenvalue weighted by molar-refractivity contribution is -0.159. The van der Waals surface area contributed by atoms with E-state index in [0.29, 0.717) is 6.42 Å². The van der Waals surface area contributed by atoms with E-state index in [1.165, 1.54) is 0 Å². The van der Waals surface area contributed by atoms with Crippen molar-refractivity contribution in [2.75, 3.05) is 0 Å². The quantitative estimate of drug-likeness (QED) is 0.276. The Kier molecular flexibility index (Phi) is 13.3. The second-order valence-corrected chi connectivity index (χ2v) is 5.03. The lowest BCUT2D eigenvalue weighted by Crippen LogP contribution is -2.34. The molecule has 0 fully saturated rings. The summed E-state index contributed by atoms with van der Waals surface area (Å²) in [5.74, 6) is -6.76. The molecule has 0 aromatic rings. The van der Waals surface area contributed by atoms with Crippen molar-refractivity contribution in [3.63, 3.8) is 0 Å². The smallest absolute Gasteiger partial charge is 0.333 e. The highest BCUT2D eigenvalue weighted by Crippen LogP contribution is 2.15. The van der Waals surface area contributed by atoms with Crippen LogP contribution in [0.15, 0.2) is 0 Å². The van der Waals surface area contributed by atoms with E-state index in [4.69, 9.17) is 30.6 Å². The highest BCUT2D eigenvalue weighted by molar-refractivity contribution is 5.81. The summed E-state index contributed by atoms with van der Waals surface area (Å²) in [7, 11) is 0. The third-order valence-electron chi connectivity index (χ3n) is 2.97. The maximum absolute atomic E-state index is 10.7. The number of unbranched alkanes of at least 4 members (excludes halogenated alkanes) is 3. The number of rotatable bonds is 11. The molecule has 0 bridgehead atoms. The summed E-state index contributed by atoms with van der Waals surface area (Å²) in [6.07, 6.45) is -0.610. The molecule has 0 saturated heterocycles. The normalized spacial score (nSPS) is 13.8. The van der Waals surface area contributed by atoms with Crippen LogP contribution in [0.1, 0.15) is 45.4 Å². The Labute approximate surface area is 138 Å². The highest BCUT2D eigenvalue weighted by atomic mass is 16.4. The van der Waals surface area contributed by atoms with Gasteiger partial charge in [0.2, 0.25) is 0 Å². The standard InChI is InChI=1S/C10H18O5.C4H6O5/c1-2-3-4-5-6-7(9(12)13)8(11)10(14)15;5-2(4(8)9)1-3(6)7/h7-8,11H,2-6H2,1H3,(H,12,13)(H,14,15);2,5H,1H2,(H,6,7)(H,8,9). The SMILES string of the molecule is CCCCCCC(C(=O)O)C(O)C(=O)O.O=C(O)CC(O)C(=O)O. The fraction of sp³-hybridized carbons (Fsp3) is 0.714. The van der Waals surface area contributed by atoms with Gasteiger partial charge in [0.15, 0.2) is 12.2 Å². The van der Waals surface area contributed by atoms with Gasteiger partial charge in [-0.05, 0) is 6.42 Å². The van der Waals surface area contributed by atoms with Crippen molar-refractivity contribution in [3.8, 4) is 0 Å². The lowest BCUT2D eigenvalue weighted by atomic mass is 9.95. The van der Waals surface area contributed by atoms with Crippen molar-refractivity contribution in [2.24, 2.45) is 5.92 Å². The number of aliphatic hydroxyl groups is 2. The summed E-state index contributed by atoms with van der Waals surface area (Å²) in [4.78, 5) is 40.5. The van der Waals surface area contributed by atoms with Crippen LogP contribution in [0.2, 0.25) is 0 Å². The van der Waals surface area contributed by atoms with Crippen molar-refractivity contribution >= 4 is 23.9 Å². The first-order chi connectivity index (χ1) is 11.0. The second kappa shape index (κ2) is 13.3. The van der Waals surface area contributed by atoms with Crippen LogP contribution in [-0.2, 0) is 19.2 Å². The molecule has 0 amide bonds. The first-order valence-corrected chi connectivity index (χ1v) is 7.30. The summed E-state index contributed by atoms with van der Waals surface area (Å²) in [6.45, 7) is 2.03. The van der Waals surface area contributed by atoms with E-state index in [9.17, 15) is 19.2 Å². The third kappa shape index (κ3) is 12.4. The number of carbonyl (C=O) groups is 4. The van der Waals surface area contributed by atoms with Crippen LogP contribution in [-0.4, -0.2) is 66.7 Å². The molecule has 0 aliphatic carbocycles. The average molecular weight is 352 g/mol. The van der Waals surface area contributed by atoms with Crippen LogP contribution >= 0.6 is 0 Å². The molecule has 140 valence electrons. The Hall–Kier alpha value is -2.20. The summed E-state index contributed by atoms with van der Waals surface area (Å²) < 4.78 is 0. The van der Waals surface area contributed by atoms with Crippen molar-refractivity contribution in [3.05, 3.63) is 0 Å². The van der Waals surface area contributed by atoms with Crippen molar-refractivity contribution < 1.29 is 49.8 Å². The zero-order valence-corrected chi connectivity index (χ0v) is 13.3. The molecule has 10 nitrogen and oxygen atoms in total. The molecule has 0 aliphatic rings. The lowest BCUT2D eigenvalue weighted by Gasteiger charge is -2.14. The number of aliphatic carboxylic acids is 4. The number of carboxylic acids is 4. The van der Waals surface area contributed by atoms with Crippen molar-refractivity contribution in [1.29, 1.82) is 0 Å². The van der Waals surface area contributed by atoms with E-state index in [1.807, 2.05) is 6.92 Å². The Balaban J connectivity index is 0. The number of aliphatic hydroxyl groups excluding tert-OH is 2. The maximum Gasteiger partial charge on any atom is 0.333 e. The molecule has 3 atom stereocenters. The zero-order valence-electron chi connectivity index (χ0n) is 13.3. The molecule has 0 heterocycles. The molecule has 0 saturated carbocycles. The van der Waals surface area contributed by atoms with Crippen molar-refractivity contribution in [1.82, 2.24) is 0 Å². The van der Waals surface area contributed by atoms with Gasteiger partial charge in [0, 0.05) is 0 Å². The highest BCUT2D eigenvalue weighted by Gasteiger charge is 2.31. The molecule has 10 heteroatoms. The molecule has 3 unspecified atom stereocenters. The van der Waals surface area contributed by atoms with Crippen LogP contribution in [0, 0.1) is 5.92 Å². The molecule has 24 heavy (non-hydrogen) atoms. The molecule has 0 aromatic heterocycles. The first kappa shape index (κ1) is 24.1. The predicted molar refractivity (Wildman–Crippen MR) is 79.4 cm³/mol. The molecular weight excluding hydrogens is 328 g/mol. The van der Waals surface area contributed by atoms with Gasteiger partial charge in [-0.2, -0.15) is 0 Å². The van der Waals surface area contributed by atoms with Crippen LogP contribution in [0.25, 0.3) is 0 Å². The number of hydrogen-bond acceptors (Lipinski definition) is 6. The van der Waals surface area contributed by atoms with Gasteiger partial charge in [-0.25, -0.2) is 9.59 Å². The monoisotopic (exact) mass is 352 g/mol. The van der Waals surface area contributed by atoms with E-state index in [1.54, 1.807) is 0 Å². The van der Waals surface area contributed by atoms with E-state index >= 15 is 0 Å². The van der Waals surface area contributed by atoms with Crippen LogP contribution in [0.3, 0.4) is 0 Å². The first-order valence-electron chi connectivity index (χ1n) is 7.30. The van der Waals surface area contributed by atoms with E-state index in [-0.39, 0.29) is 6.42 Å². The Morgan fingerprint density at radius 1 is 0.792 bits per heavy atom. The third-order valence-corrected chi connectivity index (χ3v) is 2.97. The predicted octanol–water partition coefficient (Wildman–Crippen LogP) is 0.00970. The summed E-state index contributed by atoms with van der Waals surface area (Å²) in [6, 6.07) is 0. The minimum Gasteiger partial charge on any atom is -0.481 e. The summed E-state index contributed by atoms with van der Waals surface area (Å²) in [5.41, 5.74) is 0. The number of hydrogen-bond donors (Lipinski definition) is 6. The maximum atomic E-state index is 10.7. The van der Waals surface area contributed by atoms with Gasteiger partial charge in [-0.3, -0.25) is 9.59 Å². The van der Waals surface area contributed by atoms with Gasteiger partial charge < -0.3 is 30.6 Å². The van der Waals surface area contributed by atoms with E-state index < -0.39 is 48.4 Å². The summed E-state index contributed by atoms with van der Waals surface area (Å²) >= 11 is 0. The second-order valence-electron chi connectivity index (χ2n) is 5.03. The minimum absolute atomic E-state index is 0.211. The minimum atomic E-state index is -1.80. The van der Waals surface area contributed by atoms with E-state index in [0.717, 1.165) is 19.3 Å². The van der Waals surface area contributed by atoms with E-state index in [2.05, 4.69) is 0 Å². The zero-order chi connectivity index (χ0) is 19.3. The largest absolute Gasteiger partial charge is 0.481 e. The van der Waals surface area contributed by atoms with Gasteiger partial charge >= 0.3 is 23.9 Å². The van der Waals surface area contributed by atoms with Crippen LogP contribution in [0.4, 0.5) is 0 Å². The van der Waals surface area contributed by atoms with Crippen LogP contribution in [0.5, 0.6) is 0 Å². The van der Waals surface area contributed by atoms with Gasteiger partial charge in [0.05, 0.1) is 12.3 Å². The molecule has 6 N–H and O–H groups in total. The van der Waals surface area contributed by atoms with Gasteiger partial charge in [0.25, 0.3) is 0 Å². The van der Waals surface area contributed by atoms with Crippen LogP contribution < -0.4 is 0 Å². The molecule has 0 radical (unpaired) electrons. The van der Waals surface area contributed by atoms with Gasteiger partial charge in [-0.1, -0.05) is 32.6 Å². The number of carboxylic acid groups (broad SMARTS) is 4. The van der Waals surface area contributed by atoms with Crippen molar-refractivity contribution in [2.45, 2.75) is 57.7 Å². The molecule has 0 rings (SSSR count). The topological polar surface area (TPSA) is 190 Å². The molecule has 0 aliphatic heterocycles.